The van der Waals surface area contributed by atoms with Gasteiger partial charge in [-0.1, -0.05) is 12.1 Å². The first-order valence-electron chi connectivity index (χ1n) is 5.58. The van der Waals surface area contributed by atoms with E-state index in [0.29, 0.717) is 0 Å². The quantitative estimate of drug-likeness (QED) is 0.529. The molecule has 0 saturated heterocycles. The Morgan fingerprint density at radius 3 is 2.21 bits per heavy atom. The van der Waals surface area contributed by atoms with Crippen LogP contribution in [0.25, 0.3) is 0 Å². The number of hydrogen-bond acceptors (Lipinski definition) is 4. The van der Waals surface area contributed by atoms with Crippen molar-refractivity contribution in [1.82, 2.24) is 10.6 Å². The fourth-order valence-corrected chi connectivity index (χ4v) is 1.28. The largest absolute Gasteiger partial charge is 0.478 e. The summed E-state index contributed by atoms with van der Waals surface area (Å²) in [6.45, 7) is -0.0373. The highest BCUT2D eigenvalue weighted by atomic mass is 16.4. The van der Waals surface area contributed by atoms with E-state index in [2.05, 4.69) is 10.6 Å². The Kier molecular flexibility index (Phi) is 5.49. The van der Waals surface area contributed by atoms with Crippen LogP contribution in [0.1, 0.15) is 15.9 Å². The second-order valence-electron chi connectivity index (χ2n) is 3.76. The summed E-state index contributed by atoms with van der Waals surface area (Å²) in [6.07, 6.45) is 0. The van der Waals surface area contributed by atoms with E-state index in [1.165, 1.54) is 12.1 Å². The summed E-state index contributed by atoms with van der Waals surface area (Å²) in [4.78, 5) is 32.8. The number of carboxylic acids is 1. The van der Waals surface area contributed by atoms with E-state index in [1.54, 1.807) is 12.1 Å². The normalized spacial score (nSPS) is 9.74. The van der Waals surface area contributed by atoms with Crippen molar-refractivity contribution in [2.45, 2.75) is 6.54 Å². The molecule has 0 aliphatic heterocycles. The summed E-state index contributed by atoms with van der Waals surface area (Å²) in [5.74, 6) is -1.75. The highest BCUT2D eigenvalue weighted by Gasteiger charge is 2.05. The number of rotatable bonds is 6. The van der Waals surface area contributed by atoms with Gasteiger partial charge in [-0.25, -0.2) is 4.79 Å². The van der Waals surface area contributed by atoms with Gasteiger partial charge in [0.2, 0.25) is 11.8 Å². The maximum absolute atomic E-state index is 11.4. The van der Waals surface area contributed by atoms with Crippen molar-refractivity contribution < 1.29 is 19.5 Å². The Labute approximate surface area is 109 Å². The first kappa shape index (κ1) is 14.7. The number of nitrogens with one attached hydrogen (secondary N) is 2. The Bertz CT molecular complexity index is 470. The van der Waals surface area contributed by atoms with Gasteiger partial charge in [0.15, 0.2) is 0 Å². The van der Waals surface area contributed by atoms with Gasteiger partial charge in [-0.3, -0.25) is 9.59 Å². The van der Waals surface area contributed by atoms with Gasteiger partial charge in [0, 0.05) is 6.54 Å². The van der Waals surface area contributed by atoms with Crippen molar-refractivity contribution in [3.63, 3.8) is 0 Å². The minimum atomic E-state index is -1.000. The van der Waals surface area contributed by atoms with Crippen LogP contribution in [-0.2, 0) is 16.1 Å². The fourth-order valence-electron chi connectivity index (χ4n) is 1.28. The first-order valence-corrected chi connectivity index (χ1v) is 5.58. The smallest absolute Gasteiger partial charge is 0.335 e. The molecule has 1 aromatic carbocycles. The summed E-state index contributed by atoms with van der Waals surface area (Å²) in [6, 6.07) is 6.14. The van der Waals surface area contributed by atoms with E-state index >= 15 is 0 Å². The molecule has 0 atom stereocenters. The molecule has 0 aliphatic rings. The molecule has 1 aromatic rings. The van der Waals surface area contributed by atoms with E-state index in [1.807, 2.05) is 0 Å². The molecule has 0 aliphatic carbocycles. The van der Waals surface area contributed by atoms with Gasteiger partial charge in [-0.2, -0.15) is 0 Å². The topological polar surface area (TPSA) is 122 Å². The van der Waals surface area contributed by atoms with Crippen LogP contribution in [0.3, 0.4) is 0 Å². The van der Waals surface area contributed by atoms with Crippen LogP contribution < -0.4 is 16.4 Å². The average molecular weight is 265 g/mol. The Hall–Kier alpha value is -2.41. The zero-order valence-electron chi connectivity index (χ0n) is 10.2. The van der Waals surface area contributed by atoms with Gasteiger partial charge >= 0.3 is 5.97 Å². The lowest BCUT2D eigenvalue weighted by atomic mass is 10.1. The summed E-state index contributed by atoms with van der Waals surface area (Å²) in [5.41, 5.74) is 6.02. The number of aromatic carboxylic acids is 1. The highest BCUT2D eigenvalue weighted by molar-refractivity contribution is 5.87. The number of carbonyl (C=O) groups excluding carboxylic acids is 2. The van der Waals surface area contributed by atoms with Crippen molar-refractivity contribution in [3.05, 3.63) is 35.4 Å². The third-order valence-corrected chi connectivity index (χ3v) is 2.32. The molecule has 5 N–H and O–H groups in total. The zero-order valence-corrected chi connectivity index (χ0v) is 10.2. The predicted molar refractivity (Wildman–Crippen MR) is 67.3 cm³/mol. The molecular formula is C12H15N3O4. The molecule has 1 rings (SSSR count). The molecule has 7 heteroatoms. The monoisotopic (exact) mass is 265 g/mol. The lowest BCUT2D eigenvalue weighted by Gasteiger charge is -2.06. The first-order chi connectivity index (χ1) is 9.02. The van der Waals surface area contributed by atoms with Gasteiger partial charge in [-0.15, -0.1) is 0 Å². The van der Waals surface area contributed by atoms with Crippen LogP contribution in [0.4, 0.5) is 0 Å². The maximum atomic E-state index is 11.4. The van der Waals surface area contributed by atoms with Gasteiger partial charge < -0.3 is 21.5 Å². The molecule has 0 saturated carbocycles. The van der Waals surface area contributed by atoms with Crippen molar-refractivity contribution in [2.24, 2.45) is 5.73 Å². The second kappa shape index (κ2) is 7.12. The summed E-state index contributed by atoms with van der Waals surface area (Å²) in [5, 5.41) is 13.6. The Balaban J connectivity index is 2.37. The van der Waals surface area contributed by atoms with Gasteiger partial charge in [0.25, 0.3) is 0 Å². The van der Waals surface area contributed by atoms with Gasteiger partial charge in [0.1, 0.15) is 0 Å². The molecule has 0 aromatic heterocycles. The minimum Gasteiger partial charge on any atom is -0.478 e. The predicted octanol–water partition coefficient (Wildman–Crippen LogP) is -0.924. The Morgan fingerprint density at radius 1 is 1.05 bits per heavy atom. The molecule has 0 radical (unpaired) electrons. The number of hydrogen-bond donors (Lipinski definition) is 4. The molecule has 0 spiro atoms. The lowest BCUT2D eigenvalue weighted by molar-refractivity contribution is -0.125. The molecule has 0 heterocycles. The van der Waals surface area contributed by atoms with Crippen LogP contribution in [0.5, 0.6) is 0 Å². The molecule has 102 valence electrons. The molecule has 0 bridgehead atoms. The summed E-state index contributed by atoms with van der Waals surface area (Å²) < 4.78 is 0. The van der Waals surface area contributed by atoms with Crippen molar-refractivity contribution in [3.8, 4) is 0 Å². The van der Waals surface area contributed by atoms with Gasteiger partial charge in [-0.05, 0) is 17.7 Å². The number of benzene rings is 1. The van der Waals surface area contributed by atoms with E-state index in [9.17, 15) is 14.4 Å². The lowest BCUT2D eigenvalue weighted by Crippen LogP contribution is -2.39. The average Bonchev–Trinajstić information content (AvgIpc) is 2.42. The van der Waals surface area contributed by atoms with Crippen LogP contribution in [0.2, 0.25) is 0 Å². The minimum absolute atomic E-state index is 0.136. The number of amides is 2. The number of nitrogens with two attached hydrogens (primary N) is 1. The number of carboxylic acid groups (broad SMARTS) is 1. The van der Waals surface area contributed by atoms with E-state index < -0.39 is 11.9 Å². The van der Waals surface area contributed by atoms with Crippen molar-refractivity contribution >= 4 is 17.8 Å². The van der Waals surface area contributed by atoms with E-state index in [4.69, 9.17) is 10.8 Å². The van der Waals surface area contributed by atoms with Crippen LogP contribution in [0.15, 0.2) is 24.3 Å². The highest BCUT2D eigenvalue weighted by Crippen LogP contribution is 2.03. The molecule has 2 amide bonds. The van der Waals surface area contributed by atoms with E-state index in [-0.39, 0.29) is 31.1 Å². The number of carbonyl (C=O) groups is 3. The maximum Gasteiger partial charge on any atom is 0.335 e. The molecule has 7 nitrogen and oxygen atoms in total. The zero-order chi connectivity index (χ0) is 14.3. The van der Waals surface area contributed by atoms with E-state index in [0.717, 1.165) is 5.56 Å². The molecule has 0 fully saturated rings. The third kappa shape index (κ3) is 5.17. The second-order valence-corrected chi connectivity index (χ2v) is 3.76. The molecule has 19 heavy (non-hydrogen) atoms. The molecular weight excluding hydrogens is 250 g/mol. The van der Waals surface area contributed by atoms with Gasteiger partial charge in [0.05, 0.1) is 18.7 Å². The van der Waals surface area contributed by atoms with Crippen molar-refractivity contribution in [1.29, 1.82) is 0 Å². The fraction of sp³-hybridized carbons (Fsp3) is 0.250. The Morgan fingerprint density at radius 2 is 1.68 bits per heavy atom. The summed E-state index contributed by atoms with van der Waals surface area (Å²) >= 11 is 0. The standard InChI is InChI=1S/C12H15N3O4/c13-5-10(16)15-7-11(17)14-6-8-1-3-9(4-2-8)12(18)19/h1-4H,5-7,13H2,(H,14,17)(H,15,16)(H,18,19). The van der Waals surface area contributed by atoms with Crippen LogP contribution in [0, 0.1) is 0 Å². The molecule has 0 unspecified atom stereocenters. The summed E-state index contributed by atoms with van der Waals surface area (Å²) in [7, 11) is 0. The SMILES string of the molecule is NCC(=O)NCC(=O)NCc1ccc(C(=O)O)cc1. The van der Waals surface area contributed by atoms with Crippen molar-refractivity contribution in [2.75, 3.05) is 13.1 Å². The van der Waals surface area contributed by atoms with Crippen LogP contribution >= 0.6 is 0 Å². The van der Waals surface area contributed by atoms with Crippen LogP contribution in [-0.4, -0.2) is 36.0 Å². The third-order valence-electron chi connectivity index (χ3n) is 2.32.